The number of carbonyl (C=O) groups excluding carboxylic acids is 5. The molecular formula is C41H47N5O9. The zero-order chi connectivity index (χ0) is 40.6. The largest absolute Gasteiger partial charge is 0.478 e. The molecule has 1 atom stereocenters. The summed E-state index contributed by atoms with van der Waals surface area (Å²) in [6, 6.07) is 17.6. The van der Waals surface area contributed by atoms with Crippen LogP contribution in [0.15, 0.2) is 77.2 Å². The van der Waals surface area contributed by atoms with Crippen molar-refractivity contribution in [1.82, 2.24) is 5.32 Å². The Morgan fingerprint density at radius 3 is 2.25 bits per heavy atom. The van der Waals surface area contributed by atoms with Gasteiger partial charge in [0.1, 0.15) is 11.8 Å². The number of urea groups is 1. The number of Topliss-reactive ketones (excluding diaryl/α,β-unsaturated/α-hetero) is 1. The molecule has 1 aliphatic rings. The summed E-state index contributed by atoms with van der Waals surface area (Å²) in [7, 11) is 0. The maximum atomic E-state index is 14.1. The fourth-order valence-electron chi connectivity index (χ4n) is 5.88. The number of ether oxygens (including phenoxy) is 1. The topological polar surface area (TPSA) is 202 Å². The molecule has 0 radical (unpaired) electrons. The third kappa shape index (κ3) is 10.2. The zero-order valence-electron chi connectivity index (χ0n) is 32.0. The molecule has 4 aromatic rings. The van der Waals surface area contributed by atoms with Gasteiger partial charge in [0.15, 0.2) is 5.76 Å². The summed E-state index contributed by atoms with van der Waals surface area (Å²) in [5.41, 5.74) is 8.52. The third-order valence-electron chi connectivity index (χ3n) is 8.58. The van der Waals surface area contributed by atoms with Crippen molar-refractivity contribution in [2.75, 3.05) is 40.5 Å². The van der Waals surface area contributed by atoms with E-state index in [9.17, 15) is 28.8 Å². The highest BCUT2D eigenvalue weighted by molar-refractivity contribution is 6.12. The number of hydrogen-bond acceptors (Lipinski definition) is 9. The second-order valence-corrected chi connectivity index (χ2v) is 13.9. The summed E-state index contributed by atoms with van der Waals surface area (Å²) >= 11 is 0. The number of rotatable bonds is 9. The van der Waals surface area contributed by atoms with E-state index in [1.807, 2.05) is 19.9 Å². The van der Waals surface area contributed by atoms with Crippen molar-refractivity contribution in [3.05, 3.63) is 107 Å². The molecule has 1 aromatic heterocycles. The number of nitrogen functional groups attached to an aromatic ring is 1. The van der Waals surface area contributed by atoms with Gasteiger partial charge in [0, 0.05) is 16.8 Å². The van der Waals surface area contributed by atoms with Gasteiger partial charge >= 0.3 is 18.0 Å². The molecule has 1 aliphatic heterocycles. The summed E-state index contributed by atoms with van der Waals surface area (Å²) < 4.78 is 10.5. The summed E-state index contributed by atoms with van der Waals surface area (Å²) in [5.74, 6) is -2.11. The molecule has 55 heavy (non-hydrogen) atoms. The lowest BCUT2D eigenvalue weighted by Gasteiger charge is -2.31. The van der Waals surface area contributed by atoms with Crippen LogP contribution < -0.4 is 26.2 Å². The monoisotopic (exact) mass is 753 g/mol. The first-order chi connectivity index (χ1) is 25.9. The highest BCUT2D eigenvalue weighted by Crippen LogP contribution is 2.36. The smallest absolute Gasteiger partial charge is 0.338 e. The van der Waals surface area contributed by atoms with Gasteiger partial charge in [-0.2, -0.15) is 0 Å². The molecule has 0 bridgehead atoms. The van der Waals surface area contributed by atoms with E-state index in [1.165, 1.54) is 15.9 Å². The van der Waals surface area contributed by atoms with Gasteiger partial charge < -0.3 is 40.4 Å². The molecule has 0 spiro atoms. The molecule has 0 aliphatic carbocycles. The quantitative estimate of drug-likeness (QED) is 0.0842. The lowest BCUT2D eigenvalue weighted by Crippen LogP contribution is -2.55. The van der Waals surface area contributed by atoms with Crippen molar-refractivity contribution in [1.29, 1.82) is 0 Å². The molecule has 0 saturated carbocycles. The minimum Gasteiger partial charge on any atom is -0.478 e. The number of carboxylic acids is 1. The van der Waals surface area contributed by atoms with Crippen LogP contribution in [0.3, 0.4) is 0 Å². The molecule has 3 aromatic carbocycles. The van der Waals surface area contributed by atoms with Crippen LogP contribution in [0.1, 0.15) is 82.8 Å². The number of aryl methyl sites for hydroxylation is 2. The molecule has 14 nitrogen and oxygen atoms in total. The van der Waals surface area contributed by atoms with Crippen molar-refractivity contribution >= 4 is 58.3 Å². The highest BCUT2D eigenvalue weighted by atomic mass is 16.5. The van der Waals surface area contributed by atoms with E-state index in [1.54, 1.807) is 95.3 Å². The number of carbonyl (C=O) groups is 6. The van der Waals surface area contributed by atoms with E-state index in [0.29, 0.717) is 46.1 Å². The van der Waals surface area contributed by atoms with Crippen molar-refractivity contribution < 1.29 is 43.0 Å². The second kappa shape index (κ2) is 17.6. The molecule has 14 heteroatoms. The number of benzene rings is 3. The standard InChI is InChI=1S/C32H36N4O7.C9H11NO2/c1-7-42-29(39)21-9-8-10-22(16-21)33-31(41)34-23-17-36(30(40)32(4,5)6)24-13-11-19(2)15-25(24)35(28(23)38)18-26(37)27-14-12-20(3)43-27;1-2-6-7(9(11)12)4-3-5-8(6)10/h8-16,23H,7,17-18H2,1-6H3,(H2,33,34,41);3-5H,2,10H2,1H3,(H,11,12). The molecule has 0 fully saturated rings. The second-order valence-electron chi connectivity index (χ2n) is 13.9. The number of hydrogen-bond donors (Lipinski definition) is 4. The van der Waals surface area contributed by atoms with Gasteiger partial charge in [0.05, 0.1) is 42.2 Å². The number of nitrogens with zero attached hydrogens (tertiary/aromatic N) is 2. The minimum absolute atomic E-state index is 0.0927. The Hall–Kier alpha value is -6.44. The maximum absolute atomic E-state index is 14.1. The van der Waals surface area contributed by atoms with E-state index in [2.05, 4.69) is 10.6 Å². The minimum atomic E-state index is -1.22. The Morgan fingerprint density at radius 2 is 1.65 bits per heavy atom. The number of anilines is 4. The summed E-state index contributed by atoms with van der Waals surface area (Å²) in [4.78, 5) is 79.9. The average molecular weight is 754 g/mol. The van der Waals surface area contributed by atoms with E-state index in [4.69, 9.17) is 20.0 Å². The number of nitrogens with one attached hydrogen (secondary N) is 2. The van der Waals surface area contributed by atoms with E-state index in [0.717, 1.165) is 5.56 Å². The summed E-state index contributed by atoms with van der Waals surface area (Å²) in [6.07, 6.45) is 0.647. The zero-order valence-corrected chi connectivity index (χ0v) is 32.0. The van der Waals surface area contributed by atoms with E-state index in [-0.39, 0.29) is 36.9 Å². The summed E-state index contributed by atoms with van der Waals surface area (Å²) in [6.45, 7) is 12.1. The molecule has 0 saturated heterocycles. The fourth-order valence-corrected chi connectivity index (χ4v) is 5.88. The normalized spacial score (nSPS) is 13.8. The molecule has 5 rings (SSSR count). The van der Waals surface area contributed by atoms with E-state index < -0.39 is 41.1 Å². The summed E-state index contributed by atoms with van der Waals surface area (Å²) in [5, 5.41) is 14.1. The maximum Gasteiger partial charge on any atom is 0.338 e. The number of furan rings is 1. The first-order valence-electron chi connectivity index (χ1n) is 17.7. The van der Waals surface area contributed by atoms with Gasteiger partial charge in [-0.15, -0.1) is 0 Å². The van der Waals surface area contributed by atoms with Gasteiger partial charge in [-0.3, -0.25) is 14.4 Å². The van der Waals surface area contributed by atoms with Gasteiger partial charge in [0.2, 0.25) is 11.7 Å². The Balaban J connectivity index is 0.000000477. The molecule has 290 valence electrons. The number of aromatic carboxylic acids is 1. The van der Waals surface area contributed by atoms with Crippen LogP contribution in [0.5, 0.6) is 0 Å². The molecule has 5 N–H and O–H groups in total. The first kappa shape index (κ1) is 41.3. The van der Waals surface area contributed by atoms with Crippen molar-refractivity contribution in [2.24, 2.45) is 5.41 Å². The SMILES string of the molecule is CCOC(=O)c1cccc(NC(=O)NC2CN(C(=O)C(C)(C)C)c3ccc(C)cc3N(CC(=O)c3ccc(C)o3)C2=O)c1.CCc1c(N)cccc1C(=O)O. The Bertz CT molecular complexity index is 2100. The molecule has 4 amide bonds. The van der Waals surface area contributed by atoms with E-state index >= 15 is 0 Å². The van der Waals surface area contributed by atoms with Gasteiger partial charge in [-0.25, -0.2) is 14.4 Å². The number of amides is 4. The van der Waals surface area contributed by atoms with Crippen molar-refractivity contribution in [2.45, 2.75) is 60.9 Å². The molecule has 2 heterocycles. The lowest BCUT2D eigenvalue weighted by molar-refractivity contribution is -0.126. The number of carboxylic acid groups (broad SMARTS) is 1. The number of ketones is 1. The van der Waals surface area contributed by atoms with Crippen LogP contribution in [0.25, 0.3) is 0 Å². The predicted octanol–water partition coefficient (Wildman–Crippen LogP) is 6.40. The van der Waals surface area contributed by atoms with Crippen LogP contribution >= 0.6 is 0 Å². The fraction of sp³-hybridized carbons (Fsp3) is 0.317. The van der Waals surface area contributed by atoms with Crippen molar-refractivity contribution in [3.8, 4) is 0 Å². The molecule has 1 unspecified atom stereocenters. The third-order valence-corrected chi connectivity index (χ3v) is 8.58. The lowest BCUT2D eigenvalue weighted by atomic mass is 9.94. The van der Waals surface area contributed by atoms with Crippen LogP contribution in [0, 0.1) is 19.3 Å². The van der Waals surface area contributed by atoms with Gasteiger partial charge in [-0.05, 0) is 92.9 Å². The van der Waals surface area contributed by atoms with Crippen LogP contribution in [0.2, 0.25) is 0 Å². The average Bonchev–Trinajstić information content (AvgIpc) is 3.54. The number of esters is 1. The first-order valence-corrected chi connectivity index (χ1v) is 17.7. The van der Waals surface area contributed by atoms with Gasteiger partial charge in [-0.1, -0.05) is 45.9 Å². The molecular weight excluding hydrogens is 706 g/mol. The number of nitrogens with two attached hydrogens (primary N) is 1. The van der Waals surface area contributed by atoms with Gasteiger partial charge in [0.25, 0.3) is 5.91 Å². The van der Waals surface area contributed by atoms with Crippen LogP contribution in [-0.4, -0.2) is 66.4 Å². The van der Waals surface area contributed by atoms with Crippen LogP contribution in [-0.2, 0) is 20.7 Å². The number of fused-ring (bicyclic) bond motifs is 1. The van der Waals surface area contributed by atoms with Crippen LogP contribution in [0.4, 0.5) is 27.5 Å². The van der Waals surface area contributed by atoms with Crippen molar-refractivity contribution in [3.63, 3.8) is 0 Å². The highest BCUT2D eigenvalue weighted by Gasteiger charge is 2.40. The predicted molar refractivity (Wildman–Crippen MR) is 209 cm³/mol. The Labute approximate surface area is 319 Å². The Morgan fingerprint density at radius 1 is 0.945 bits per heavy atom. The Kier molecular flexibility index (Phi) is 13.2.